The molecule has 5 heteroatoms. The fourth-order valence-corrected chi connectivity index (χ4v) is 1.94. The molecule has 0 spiro atoms. The van der Waals surface area contributed by atoms with Crippen molar-refractivity contribution in [2.75, 3.05) is 13.1 Å². The number of nitriles is 1. The van der Waals surface area contributed by atoms with Gasteiger partial charge in [-0.1, -0.05) is 0 Å². The second-order valence-electron chi connectivity index (χ2n) is 3.12. The maximum atomic E-state index is 11.1. The predicted molar refractivity (Wildman–Crippen MR) is 59.4 cm³/mol. The van der Waals surface area contributed by atoms with E-state index in [1.807, 2.05) is 13.0 Å². The van der Waals surface area contributed by atoms with Crippen LogP contribution in [-0.2, 0) is 11.3 Å². The standard InChI is InChI=1S/C10H13N3OS/c1-8-6-15-7-9(8)4-12-5-10(14)13-3-2-11/h6-7,12H,3-5H2,1H3,(H,13,14). The van der Waals surface area contributed by atoms with Crippen LogP contribution in [0.3, 0.4) is 0 Å². The van der Waals surface area contributed by atoms with E-state index in [1.54, 1.807) is 11.3 Å². The highest BCUT2D eigenvalue weighted by Gasteiger charge is 2.01. The molecule has 0 atom stereocenters. The van der Waals surface area contributed by atoms with E-state index in [4.69, 9.17) is 5.26 Å². The Kier molecular flexibility index (Phi) is 4.81. The number of hydrogen-bond acceptors (Lipinski definition) is 4. The van der Waals surface area contributed by atoms with Crippen LogP contribution in [0.1, 0.15) is 11.1 Å². The summed E-state index contributed by atoms with van der Waals surface area (Å²) in [4.78, 5) is 11.1. The number of aryl methyl sites for hydroxylation is 1. The number of thiophene rings is 1. The Balaban J connectivity index is 2.20. The molecular weight excluding hydrogens is 210 g/mol. The van der Waals surface area contributed by atoms with Gasteiger partial charge in [-0.3, -0.25) is 4.79 Å². The first-order valence-electron chi connectivity index (χ1n) is 4.60. The van der Waals surface area contributed by atoms with Crippen molar-refractivity contribution in [2.24, 2.45) is 0 Å². The molecule has 0 aromatic carbocycles. The third-order valence-electron chi connectivity index (χ3n) is 1.93. The largest absolute Gasteiger partial charge is 0.342 e. The molecule has 0 aliphatic carbocycles. The molecule has 0 fully saturated rings. The lowest BCUT2D eigenvalue weighted by atomic mass is 10.2. The fourth-order valence-electron chi connectivity index (χ4n) is 1.08. The van der Waals surface area contributed by atoms with Gasteiger partial charge in [0.15, 0.2) is 0 Å². The molecule has 1 amide bonds. The molecule has 1 aromatic heterocycles. The van der Waals surface area contributed by atoms with E-state index in [1.165, 1.54) is 11.1 Å². The number of nitrogens with one attached hydrogen (secondary N) is 2. The van der Waals surface area contributed by atoms with Crippen LogP contribution in [0.15, 0.2) is 10.8 Å². The molecule has 1 heterocycles. The Bertz CT molecular complexity index is 367. The zero-order valence-electron chi connectivity index (χ0n) is 8.54. The van der Waals surface area contributed by atoms with Gasteiger partial charge in [0.05, 0.1) is 12.6 Å². The summed E-state index contributed by atoms with van der Waals surface area (Å²) >= 11 is 1.66. The first kappa shape index (κ1) is 11.7. The SMILES string of the molecule is Cc1cscc1CNCC(=O)NCC#N. The number of amides is 1. The van der Waals surface area contributed by atoms with E-state index in [2.05, 4.69) is 21.4 Å². The molecule has 80 valence electrons. The number of nitrogens with zero attached hydrogens (tertiary/aromatic N) is 1. The van der Waals surface area contributed by atoms with E-state index < -0.39 is 0 Å². The maximum absolute atomic E-state index is 11.1. The molecule has 1 aromatic rings. The highest BCUT2D eigenvalue weighted by molar-refractivity contribution is 7.08. The summed E-state index contributed by atoms with van der Waals surface area (Å²) in [5.74, 6) is -0.149. The zero-order chi connectivity index (χ0) is 11.1. The van der Waals surface area contributed by atoms with E-state index in [0.29, 0.717) is 6.54 Å². The highest BCUT2D eigenvalue weighted by atomic mass is 32.1. The second kappa shape index (κ2) is 6.17. The van der Waals surface area contributed by atoms with Gasteiger partial charge in [0.1, 0.15) is 6.54 Å². The monoisotopic (exact) mass is 223 g/mol. The van der Waals surface area contributed by atoms with Gasteiger partial charge in [-0.15, -0.1) is 0 Å². The summed E-state index contributed by atoms with van der Waals surface area (Å²) in [7, 11) is 0. The third-order valence-corrected chi connectivity index (χ3v) is 2.84. The van der Waals surface area contributed by atoms with Crippen molar-refractivity contribution in [3.63, 3.8) is 0 Å². The van der Waals surface area contributed by atoms with Crippen LogP contribution in [0.25, 0.3) is 0 Å². The molecule has 0 radical (unpaired) electrons. The van der Waals surface area contributed by atoms with Crippen LogP contribution in [0, 0.1) is 18.3 Å². The number of carbonyl (C=O) groups excluding carboxylic acids is 1. The summed E-state index contributed by atoms with van der Waals surface area (Å²) < 4.78 is 0. The topological polar surface area (TPSA) is 64.9 Å². The van der Waals surface area contributed by atoms with E-state index in [9.17, 15) is 4.79 Å². The van der Waals surface area contributed by atoms with Crippen LogP contribution >= 0.6 is 11.3 Å². The van der Waals surface area contributed by atoms with Gasteiger partial charge in [0, 0.05) is 6.54 Å². The first-order chi connectivity index (χ1) is 7.24. The molecular formula is C10H13N3OS. The molecule has 0 saturated heterocycles. The molecule has 2 N–H and O–H groups in total. The Labute approximate surface area is 92.9 Å². The number of hydrogen-bond donors (Lipinski definition) is 2. The predicted octanol–water partition coefficient (Wildman–Crippen LogP) is 0.786. The average Bonchev–Trinajstić information content (AvgIpc) is 2.61. The molecule has 0 aliphatic rings. The van der Waals surface area contributed by atoms with Crippen molar-refractivity contribution < 1.29 is 4.79 Å². The van der Waals surface area contributed by atoms with Gasteiger partial charge in [0.2, 0.25) is 5.91 Å². The Morgan fingerprint density at radius 2 is 2.40 bits per heavy atom. The summed E-state index contributed by atoms with van der Waals surface area (Å²) in [6.45, 7) is 3.05. The van der Waals surface area contributed by atoms with Crippen molar-refractivity contribution in [2.45, 2.75) is 13.5 Å². The minimum Gasteiger partial charge on any atom is -0.342 e. The zero-order valence-corrected chi connectivity index (χ0v) is 9.36. The molecule has 0 unspecified atom stereocenters. The molecule has 0 saturated carbocycles. The normalized spacial score (nSPS) is 9.60. The molecule has 0 bridgehead atoms. The van der Waals surface area contributed by atoms with Gasteiger partial charge in [-0.2, -0.15) is 16.6 Å². The Morgan fingerprint density at radius 3 is 3.00 bits per heavy atom. The quantitative estimate of drug-likeness (QED) is 0.725. The fraction of sp³-hybridized carbons (Fsp3) is 0.400. The summed E-state index contributed by atoms with van der Waals surface area (Å²) in [6, 6.07) is 1.85. The van der Waals surface area contributed by atoms with Crippen LogP contribution in [0.2, 0.25) is 0 Å². The van der Waals surface area contributed by atoms with Crippen molar-refractivity contribution in [3.8, 4) is 6.07 Å². The van der Waals surface area contributed by atoms with Crippen LogP contribution in [0.5, 0.6) is 0 Å². The Morgan fingerprint density at radius 1 is 1.60 bits per heavy atom. The molecule has 15 heavy (non-hydrogen) atoms. The van der Waals surface area contributed by atoms with Crippen LogP contribution in [-0.4, -0.2) is 19.0 Å². The Hall–Kier alpha value is -1.38. The lowest BCUT2D eigenvalue weighted by Crippen LogP contribution is -2.33. The van der Waals surface area contributed by atoms with E-state index in [0.717, 1.165) is 0 Å². The van der Waals surface area contributed by atoms with E-state index in [-0.39, 0.29) is 19.0 Å². The van der Waals surface area contributed by atoms with Crippen molar-refractivity contribution in [1.29, 1.82) is 5.26 Å². The second-order valence-corrected chi connectivity index (χ2v) is 3.86. The average molecular weight is 223 g/mol. The van der Waals surface area contributed by atoms with E-state index >= 15 is 0 Å². The smallest absolute Gasteiger partial charge is 0.234 e. The molecule has 4 nitrogen and oxygen atoms in total. The summed E-state index contributed by atoms with van der Waals surface area (Å²) in [5.41, 5.74) is 2.46. The van der Waals surface area contributed by atoms with Gasteiger partial charge in [-0.25, -0.2) is 0 Å². The van der Waals surface area contributed by atoms with Gasteiger partial charge < -0.3 is 10.6 Å². The minimum absolute atomic E-state index is 0.0675. The van der Waals surface area contributed by atoms with Crippen molar-refractivity contribution in [1.82, 2.24) is 10.6 Å². The van der Waals surface area contributed by atoms with Crippen molar-refractivity contribution in [3.05, 3.63) is 21.9 Å². The van der Waals surface area contributed by atoms with Gasteiger partial charge >= 0.3 is 0 Å². The first-order valence-corrected chi connectivity index (χ1v) is 5.54. The number of rotatable bonds is 5. The summed E-state index contributed by atoms with van der Waals surface area (Å²) in [5, 5.41) is 17.9. The molecule has 1 rings (SSSR count). The summed E-state index contributed by atoms with van der Waals surface area (Å²) in [6.07, 6.45) is 0. The van der Waals surface area contributed by atoms with Crippen molar-refractivity contribution >= 4 is 17.2 Å². The lowest BCUT2D eigenvalue weighted by molar-refractivity contribution is -0.120. The number of carbonyl (C=O) groups is 1. The third kappa shape index (κ3) is 4.11. The minimum atomic E-state index is -0.149. The lowest BCUT2D eigenvalue weighted by Gasteiger charge is -2.03. The highest BCUT2D eigenvalue weighted by Crippen LogP contribution is 2.12. The van der Waals surface area contributed by atoms with Gasteiger partial charge in [0.25, 0.3) is 0 Å². The van der Waals surface area contributed by atoms with Gasteiger partial charge in [-0.05, 0) is 28.8 Å². The van der Waals surface area contributed by atoms with Crippen LogP contribution < -0.4 is 10.6 Å². The molecule has 0 aliphatic heterocycles. The maximum Gasteiger partial charge on any atom is 0.234 e. The van der Waals surface area contributed by atoms with Crippen LogP contribution in [0.4, 0.5) is 0 Å².